The highest BCUT2D eigenvalue weighted by molar-refractivity contribution is 7.92. The fourth-order valence-corrected chi connectivity index (χ4v) is 5.02. The van der Waals surface area contributed by atoms with Crippen molar-refractivity contribution in [2.45, 2.75) is 31.6 Å². The quantitative estimate of drug-likeness (QED) is 0.380. The number of hydrogen-bond donors (Lipinski definition) is 1. The first-order valence-corrected chi connectivity index (χ1v) is 11.5. The number of hydrogen-bond acceptors (Lipinski definition) is 5. The molecular weight excluding hydrogens is 449 g/mol. The highest BCUT2D eigenvalue weighted by Crippen LogP contribution is 2.30. The Labute approximate surface area is 185 Å². The molecule has 30 heavy (non-hydrogen) atoms. The minimum Gasteiger partial charge on any atom is -0.464 e. The summed E-state index contributed by atoms with van der Waals surface area (Å²) in [5.74, 6) is -0.649. The Morgan fingerprint density at radius 1 is 1.17 bits per heavy atom. The third-order valence-corrected chi connectivity index (χ3v) is 6.66. The maximum atomic E-state index is 13.4. The molecule has 0 bridgehead atoms. The molecule has 0 saturated carbocycles. The number of anilines is 1. The Bertz CT molecular complexity index is 1160. The molecule has 0 radical (unpaired) electrons. The first kappa shape index (κ1) is 22.4. The van der Waals surface area contributed by atoms with Crippen LogP contribution in [0.2, 0.25) is 10.0 Å². The Morgan fingerprint density at radius 3 is 2.53 bits per heavy atom. The van der Waals surface area contributed by atoms with Crippen molar-refractivity contribution >= 4 is 55.8 Å². The van der Waals surface area contributed by atoms with E-state index in [2.05, 4.69) is 10.2 Å². The van der Waals surface area contributed by atoms with Crippen molar-refractivity contribution in [1.82, 2.24) is 10.2 Å². The number of rotatable bonds is 8. The van der Waals surface area contributed by atoms with E-state index in [9.17, 15) is 13.2 Å². The van der Waals surface area contributed by atoms with Gasteiger partial charge in [-0.15, -0.1) is 0 Å². The number of nitrogens with zero attached hydrogens (tertiary/aromatic N) is 2. The molecule has 7 nitrogen and oxygen atoms in total. The van der Waals surface area contributed by atoms with Crippen LogP contribution in [0, 0.1) is 6.92 Å². The molecule has 0 atom stereocenters. The number of carbonyl (C=O) groups is 1. The molecule has 0 aliphatic carbocycles. The van der Waals surface area contributed by atoms with Crippen LogP contribution in [-0.2, 0) is 19.6 Å². The third-order valence-electron chi connectivity index (χ3n) is 4.47. The van der Waals surface area contributed by atoms with Gasteiger partial charge in [0.15, 0.2) is 0 Å². The second kappa shape index (κ2) is 9.24. The van der Waals surface area contributed by atoms with Gasteiger partial charge in [-0.2, -0.15) is 5.10 Å². The molecule has 0 fully saturated rings. The fourth-order valence-electron chi connectivity index (χ4n) is 2.89. The van der Waals surface area contributed by atoms with Crippen molar-refractivity contribution in [2.24, 2.45) is 0 Å². The predicted molar refractivity (Wildman–Crippen MR) is 118 cm³/mol. The van der Waals surface area contributed by atoms with Gasteiger partial charge in [0.25, 0.3) is 10.0 Å². The molecule has 3 rings (SSSR count). The van der Waals surface area contributed by atoms with Crippen molar-refractivity contribution in [3.63, 3.8) is 0 Å². The van der Waals surface area contributed by atoms with Gasteiger partial charge in [-0.3, -0.25) is 14.2 Å². The fraction of sp³-hybridized carbons (Fsp3) is 0.300. The number of ether oxygens (including phenoxy) is 1. The summed E-state index contributed by atoms with van der Waals surface area (Å²) >= 11 is 12.0. The summed E-state index contributed by atoms with van der Waals surface area (Å²) in [6.07, 6.45) is 1.55. The van der Waals surface area contributed by atoms with E-state index in [1.807, 2.05) is 13.8 Å². The lowest BCUT2D eigenvalue weighted by molar-refractivity contribution is -0.141. The summed E-state index contributed by atoms with van der Waals surface area (Å²) in [6.45, 7) is 3.54. The second-order valence-corrected chi connectivity index (χ2v) is 9.48. The lowest BCUT2D eigenvalue weighted by Crippen LogP contribution is -2.36. The molecule has 0 aliphatic rings. The van der Waals surface area contributed by atoms with Crippen molar-refractivity contribution in [3.8, 4) is 0 Å². The lowest BCUT2D eigenvalue weighted by Gasteiger charge is -2.24. The zero-order valence-corrected chi connectivity index (χ0v) is 18.8. The molecule has 0 unspecified atom stereocenters. The lowest BCUT2D eigenvalue weighted by atomic mass is 10.2. The number of halogens is 2. The van der Waals surface area contributed by atoms with E-state index in [-0.39, 0.29) is 21.5 Å². The topological polar surface area (TPSA) is 92.4 Å². The summed E-state index contributed by atoms with van der Waals surface area (Å²) in [5.41, 5.74) is 1.76. The van der Waals surface area contributed by atoms with Crippen LogP contribution >= 0.6 is 23.2 Å². The number of nitrogens with one attached hydrogen (secondary N) is 1. The summed E-state index contributed by atoms with van der Waals surface area (Å²) in [5, 5.41) is 8.11. The molecule has 0 amide bonds. The first-order valence-electron chi connectivity index (χ1n) is 9.31. The number of aromatic nitrogens is 2. The van der Waals surface area contributed by atoms with Crippen molar-refractivity contribution < 1.29 is 17.9 Å². The summed E-state index contributed by atoms with van der Waals surface area (Å²) in [6, 6.07) is 8.96. The normalized spacial score (nSPS) is 11.6. The largest absolute Gasteiger partial charge is 0.464 e. The Balaban J connectivity index is 2.05. The second-order valence-electron chi connectivity index (χ2n) is 6.74. The molecule has 1 heterocycles. The number of aromatic amines is 1. The van der Waals surface area contributed by atoms with Gasteiger partial charge in [-0.25, -0.2) is 8.42 Å². The van der Waals surface area contributed by atoms with Crippen molar-refractivity contribution in [2.75, 3.05) is 17.5 Å². The molecular formula is C20H21Cl2N3O4S. The summed E-state index contributed by atoms with van der Waals surface area (Å²) in [4.78, 5) is 12.3. The zero-order valence-electron chi connectivity index (χ0n) is 16.5. The highest BCUT2D eigenvalue weighted by Gasteiger charge is 2.29. The average Bonchev–Trinajstić information content (AvgIpc) is 3.06. The number of benzene rings is 2. The van der Waals surface area contributed by atoms with Crippen LogP contribution in [0.4, 0.5) is 5.69 Å². The van der Waals surface area contributed by atoms with Crippen LogP contribution in [0.1, 0.15) is 25.5 Å². The van der Waals surface area contributed by atoms with Crippen LogP contribution < -0.4 is 4.31 Å². The van der Waals surface area contributed by atoms with E-state index < -0.39 is 22.5 Å². The van der Waals surface area contributed by atoms with E-state index in [4.69, 9.17) is 27.9 Å². The molecule has 1 aromatic heterocycles. The monoisotopic (exact) mass is 469 g/mol. The van der Waals surface area contributed by atoms with E-state index >= 15 is 0 Å². The molecule has 3 aromatic rings. The smallest absolute Gasteiger partial charge is 0.326 e. The number of aryl methyl sites for hydroxylation is 1. The van der Waals surface area contributed by atoms with E-state index in [0.717, 1.165) is 21.8 Å². The van der Waals surface area contributed by atoms with E-state index in [1.54, 1.807) is 18.2 Å². The minimum absolute atomic E-state index is 0.120. The molecule has 160 valence electrons. The number of carbonyl (C=O) groups excluding carboxylic acids is 1. The Kier molecular flexibility index (Phi) is 6.90. The SMILES string of the molecule is CCCCOC(=O)CN(c1ccc2n[nH]c(C)c2c1)S(=O)(=O)c1cc(Cl)cc(Cl)c1. The molecule has 2 aromatic carbocycles. The standard InChI is InChI=1S/C20H21Cl2N3O4S/c1-3-4-7-29-20(26)12-25(16-5-6-19-18(11-16)13(2)23-24-19)30(27,28)17-9-14(21)8-15(22)10-17/h5-6,8-11H,3-4,7,12H2,1-2H3,(H,23,24). The number of sulfonamides is 1. The van der Waals surface area contributed by atoms with Gasteiger partial charge in [-0.05, 0) is 49.7 Å². The predicted octanol–water partition coefficient (Wildman–Crippen LogP) is 4.72. The van der Waals surface area contributed by atoms with Crippen LogP contribution in [0.3, 0.4) is 0 Å². The molecule has 10 heteroatoms. The molecule has 0 spiro atoms. The molecule has 1 N–H and O–H groups in total. The van der Waals surface area contributed by atoms with E-state index in [1.165, 1.54) is 18.2 Å². The van der Waals surface area contributed by atoms with Gasteiger partial charge in [0.1, 0.15) is 6.54 Å². The highest BCUT2D eigenvalue weighted by atomic mass is 35.5. The van der Waals surface area contributed by atoms with Gasteiger partial charge >= 0.3 is 5.97 Å². The van der Waals surface area contributed by atoms with Gasteiger partial charge in [0.05, 0.1) is 22.7 Å². The third kappa shape index (κ3) is 4.88. The van der Waals surface area contributed by atoms with Crippen LogP contribution in [-0.4, -0.2) is 37.7 Å². The molecule has 0 aliphatic heterocycles. The Morgan fingerprint density at radius 2 is 1.87 bits per heavy atom. The maximum absolute atomic E-state index is 13.4. The van der Waals surface area contributed by atoms with Crippen LogP contribution in [0.15, 0.2) is 41.3 Å². The van der Waals surface area contributed by atoms with Gasteiger partial charge < -0.3 is 4.74 Å². The zero-order chi connectivity index (χ0) is 21.9. The Hall–Kier alpha value is -2.29. The van der Waals surface area contributed by atoms with Gasteiger partial charge in [-0.1, -0.05) is 36.5 Å². The van der Waals surface area contributed by atoms with Crippen LogP contribution in [0.5, 0.6) is 0 Å². The average molecular weight is 470 g/mol. The number of H-pyrrole nitrogens is 1. The van der Waals surface area contributed by atoms with Gasteiger partial charge in [0.2, 0.25) is 0 Å². The van der Waals surface area contributed by atoms with Gasteiger partial charge in [0, 0.05) is 21.1 Å². The van der Waals surface area contributed by atoms with Crippen molar-refractivity contribution in [1.29, 1.82) is 0 Å². The minimum atomic E-state index is -4.16. The number of fused-ring (bicyclic) bond motifs is 1. The summed E-state index contributed by atoms with van der Waals surface area (Å²) < 4.78 is 33.1. The number of unbranched alkanes of at least 4 members (excludes halogenated alkanes) is 1. The first-order chi connectivity index (χ1) is 14.2. The molecule has 0 saturated heterocycles. The summed E-state index contributed by atoms with van der Waals surface area (Å²) in [7, 11) is -4.16. The maximum Gasteiger partial charge on any atom is 0.326 e. The van der Waals surface area contributed by atoms with E-state index in [0.29, 0.717) is 17.6 Å². The number of esters is 1. The van der Waals surface area contributed by atoms with Crippen molar-refractivity contribution in [3.05, 3.63) is 52.1 Å². The van der Waals surface area contributed by atoms with Crippen LogP contribution in [0.25, 0.3) is 10.9 Å².